The number of carbonyl (C=O) groups excluding carboxylic acids is 1. The maximum absolute atomic E-state index is 14.1. The number of aryl methyl sites for hydroxylation is 1. The third kappa shape index (κ3) is 4.26. The maximum atomic E-state index is 14.1. The van der Waals surface area contributed by atoms with E-state index in [2.05, 4.69) is 26.1 Å². The minimum Gasteiger partial charge on any atom is -0.421 e. The largest absolute Gasteiger partial charge is 0.421 e. The van der Waals surface area contributed by atoms with Gasteiger partial charge in [-0.25, -0.2) is 4.39 Å². The van der Waals surface area contributed by atoms with Crippen molar-refractivity contribution >= 4 is 37.6 Å². The predicted molar refractivity (Wildman–Crippen MR) is 120 cm³/mol. The van der Waals surface area contributed by atoms with Crippen molar-refractivity contribution < 1.29 is 26.8 Å². The Hall–Kier alpha value is -3.01. The van der Waals surface area contributed by atoms with Gasteiger partial charge in [-0.1, -0.05) is 18.2 Å². The van der Waals surface area contributed by atoms with Gasteiger partial charge in [0.2, 0.25) is 17.7 Å². The Balaban J connectivity index is 1.62. The molecule has 1 aromatic heterocycles. The Labute approximate surface area is 200 Å². The Morgan fingerprint density at radius 3 is 2.59 bits per heavy atom. The van der Waals surface area contributed by atoms with Gasteiger partial charge in [-0.15, -0.1) is 10.2 Å². The molecule has 34 heavy (non-hydrogen) atoms. The van der Waals surface area contributed by atoms with E-state index >= 15 is 0 Å². The van der Waals surface area contributed by atoms with E-state index in [9.17, 15) is 22.4 Å². The number of fused-ring (bicyclic) bond motifs is 1. The topological polar surface area (TPSA) is 59.2 Å². The van der Waals surface area contributed by atoms with E-state index < -0.39 is 23.5 Å². The first-order valence-corrected chi connectivity index (χ1v) is 11.4. The normalized spacial score (nSPS) is 16.6. The molecule has 2 aromatic carbocycles. The molecule has 0 radical (unpaired) electrons. The molecule has 176 valence electrons. The average molecular weight is 536 g/mol. The van der Waals surface area contributed by atoms with E-state index in [-0.39, 0.29) is 30.5 Å². The van der Waals surface area contributed by atoms with E-state index in [1.165, 1.54) is 17.0 Å². The highest BCUT2D eigenvalue weighted by atomic mass is 79.9. The number of hydrogen-bond acceptors (Lipinski definition) is 4. The Morgan fingerprint density at radius 2 is 1.91 bits per heavy atom. The fourth-order valence-corrected chi connectivity index (χ4v) is 4.50. The average Bonchev–Trinajstić information content (AvgIpc) is 3.54. The maximum Gasteiger partial charge on any atom is 0.416 e. The van der Waals surface area contributed by atoms with Crippen LogP contribution < -0.4 is 4.90 Å². The summed E-state index contributed by atoms with van der Waals surface area (Å²) < 4.78 is 60.9. The van der Waals surface area contributed by atoms with Gasteiger partial charge >= 0.3 is 6.18 Å². The molecule has 3 aromatic rings. The summed E-state index contributed by atoms with van der Waals surface area (Å²) >= 11 is 3.47. The number of hydrogen-bond donors (Lipinski definition) is 0. The first-order chi connectivity index (χ1) is 16.1. The molecule has 0 spiro atoms. The van der Waals surface area contributed by atoms with Crippen LogP contribution >= 0.6 is 15.9 Å². The van der Waals surface area contributed by atoms with E-state index in [1.54, 1.807) is 19.1 Å². The van der Waals surface area contributed by atoms with E-state index in [1.807, 2.05) is 0 Å². The summed E-state index contributed by atoms with van der Waals surface area (Å²) in [6, 6.07) is 7.70. The fourth-order valence-electron chi connectivity index (χ4n) is 3.85. The molecule has 0 unspecified atom stereocenters. The summed E-state index contributed by atoms with van der Waals surface area (Å²) in [4.78, 5) is 14.6. The summed E-state index contributed by atoms with van der Waals surface area (Å²) in [6.45, 7) is 1.50. The van der Waals surface area contributed by atoms with Crippen molar-refractivity contribution in [1.29, 1.82) is 0 Å². The van der Waals surface area contributed by atoms with Gasteiger partial charge in [0.05, 0.1) is 24.2 Å². The zero-order valence-corrected chi connectivity index (χ0v) is 19.5. The van der Waals surface area contributed by atoms with Gasteiger partial charge in [0.1, 0.15) is 5.82 Å². The molecule has 1 fully saturated rings. The smallest absolute Gasteiger partial charge is 0.416 e. The van der Waals surface area contributed by atoms with Gasteiger partial charge < -0.3 is 9.32 Å². The van der Waals surface area contributed by atoms with Gasteiger partial charge in [0.25, 0.3) is 0 Å². The van der Waals surface area contributed by atoms with Crippen molar-refractivity contribution in [1.82, 2.24) is 10.2 Å². The summed E-state index contributed by atoms with van der Waals surface area (Å²) in [7, 11) is 0. The monoisotopic (exact) mass is 535 g/mol. The Morgan fingerprint density at radius 1 is 1.15 bits per heavy atom. The van der Waals surface area contributed by atoms with Crippen LogP contribution in [0, 0.1) is 12.7 Å². The quantitative estimate of drug-likeness (QED) is 0.352. The molecular weight excluding hydrogens is 518 g/mol. The molecule has 0 N–H and O–H groups in total. The second kappa shape index (κ2) is 8.33. The summed E-state index contributed by atoms with van der Waals surface area (Å²) in [5.41, 5.74) is 0.811. The second-order valence-electron chi connectivity index (χ2n) is 8.48. The van der Waals surface area contributed by atoms with Crippen LogP contribution in [0.4, 0.5) is 23.2 Å². The summed E-state index contributed by atoms with van der Waals surface area (Å²) in [5.74, 6) is -0.0910. The first-order valence-electron chi connectivity index (χ1n) is 10.6. The van der Waals surface area contributed by atoms with Crippen molar-refractivity contribution in [2.75, 3.05) is 4.90 Å². The third-order valence-corrected chi connectivity index (χ3v) is 6.85. The predicted octanol–water partition coefficient (Wildman–Crippen LogP) is 6.61. The number of rotatable bonds is 4. The van der Waals surface area contributed by atoms with Gasteiger partial charge in [0.15, 0.2) is 0 Å². The van der Waals surface area contributed by atoms with Gasteiger partial charge in [-0.3, -0.25) is 4.79 Å². The van der Waals surface area contributed by atoms with Crippen LogP contribution in [0.3, 0.4) is 0 Å². The minimum absolute atomic E-state index is 0.0598. The molecule has 0 saturated heterocycles. The molecule has 0 bridgehead atoms. The lowest BCUT2D eigenvalue weighted by Gasteiger charge is -2.24. The van der Waals surface area contributed by atoms with E-state index in [4.69, 9.17) is 4.42 Å². The number of aromatic nitrogens is 2. The van der Waals surface area contributed by atoms with Gasteiger partial charge in [0, 0.05) is 21.5 Å². The minimum atomic E-state index is -4.60. The Bertz CT molecular complexity index is 1330. The number of halogens is 5. The van der Waals surface area contributed by atoms with Crippen molar-refractivity contribution in [2.24, 2.45) is 0 Å². The van der Waals surface area contributed by atoms with Crippen LogP contribution in [0.25, 0.3) is 10.1 Å². The zero-order valence-electron chi connectivity index (χ0n) is 17.9. The summed E-state index contributed by atoms with van der Waals surface area (Å²) in [6.07, 6.45) is -2.89. The van der Waals surface area contributed by atoms with Crippen molar-refractivity contribution in [3.05, 3.63) is 76.3 Å². The second-order valence-corrected chi connectivity index (χ2v) is 9.28. The molecule has 0 atom stereocenters. The number of carbonyl (C=O) groups is 1. The van der Waals surface area contributed by atoms with Crippen LogP contribution in [-0.2, 0) is 17.5 Å². The van der Waals surface area contributed by atoms with Crippen molar-refractivity contribution in [3.8, 4) is 0 Å². The molecule has 1 aliphatic carbocycles. The third-order valence-electron chi connectivity index (χ3n) is 5.95. The van der Waals surface area contributed by atoms with E-state index in [0.717, 1.165) is 25.0 Å². The highest BCUT2D eigenvalue weighted by Gasteiger charge is 2.36. The lowest BCUT2D eigenvalue weighted by molar-refractivity contribution is -0.137. The molecule has 2 heterocycles. The molecule has 1 amide bonds. The van der Waals surface area contributed by atoms with Crippen LogP contribution in [0.15, 0.2) is 40.8 Å². The standard InChI is InChI=1S/C24H18BrF4N3O2/c1-12-2-3-13(8-18(12)26)11-32-19-9-15(24(27,28)29)6-7-16(19)21(25)17(10-20(32)33)23-31-30-22(34-23)14-4-5-14/h2-3,6-9,14H,4-5,10-11H2,1H3. The first kappa shape index (κ1) is 22.8. The molecule has 1 saturated carbocycles. The summed E-state index contributed by atoms with van der Waals surface area (Å²) in [5, 5.41) is 8.15. The van der Waals surface area contributed by atoms with Crippen LogP contribution in [0.2, 0.25) is 0 Å². The zero-order chi connectivity index (χ0) is 24.2. The van der Waals surface area contributed by atoms with Gasteiger partial charge in [-0.05, 0) is 65.0 Å². The highest BCUT2D eigenvalue weighted by Crippen LogP contribution is 2.45. The van der Waals surface area contributed by atoms with Crippen molar-refractivity contribution in [3.63, 3.8) is 0 Å². The lowest BCUT2D eigenvalue weighted by Crippen LogP contribution is -2.30. The number of amides is 1. The highest BCUT2D eigenvalue weighted by molar-refractivity contribution is 9.15. The molecule has 1 aliphatic heterocycles. The molecular formula is C24H18BrF4N3O2. The van der Waals surface area contributed by atoms with Crippen LogP contribution in [-0.4, -0.2) is 16.1 Å². The molecule has 2 aliphatic rings. The van der Waals surface area contributed by atoms with Gasteiger partial charge in [-0.2, -0.15) is 13.2 Å². The van der Waals surface area contributed by atoms with E-state index in [0.29, 0.717) is 32.6 Å². The fraction of sp³-hybridized carbons (Fsp3) is 0.292. The number of alkyl halides is 3. The number of nitrogens with zero attached hydrogens (tertiary/aromatic N) is 3. The number of anilines is 1. The SMILES string of the molecule is Cc1ccc(CN2C(=O)CC(c3nnc(C4CC4)o3)=C(Br)c3ccc(C(F)(F)F)cc32)cc1F. The molecule has 5 nitrogen and oxygen atoms in total. The molecule has 10 heteroatoms. The van der Waals surface area contributed by atoms with Crippen LogP contribution in [0.5, 0.6) is 0 Å². The Kier molecular flexibility index (Phi) is 5.58. The molecule has 5 rings (SSSR count). The van der Waals surface area contributed by atoms with Crippen molar-refractivity contribution in [2.45, 2.75) is 44.8 Å². The number of benzene rings is 2. The lowest BCUT2D eigenvalue weighted by atomic mass is 10.0. The van der Waals surface area contributed by atoms with Crippen LogP contribution in [0.1, 0.15) is 59.2 Å².